The van der Waals surface area contributed by atoms with Crippen LogP contribution in [0.5, 0.6) is 0 Å². The van der Waals surface area contributed by atoms with Gasteiger partial charge in [-0.05, 0) is 30.4 Å². The zero-order valence-electron chi connectivity index (χ0n) is 12.1. The molecular weight excluding hydrogens is 206 g/mol. The molecule has 1 atom stereocenters. The molecule has 1 heteroatoms. The highest BCUT2D eigenvalue weighted by Gasteiger charge is 2.34. The molecule has 0 aliphatic carbocycles. The summed E-state index contributed by atoms with van der Waals surface area (Å²) in [4.78, 5) is 4.57. The van der Waals surface area contributed by atoms with Gasteiger partial charge in [-0.3, -0.25) is 4.98 Å². The molecule has 0 radical (unpaired) electrons. The zero-order valence-corrected chi connectivity index (χ0v) is 12.1. The Morgan fingerprint density at radius 3 is 2.06 bits per heavy atom. The van der Waals surface area contributed by atoms with E-state index in [9.17, 15) is 0 Å². The minimum absolute atomic E-state index is 0.210. The van der Waals surface area contributed by atoms with Gasteiger partial charge in [0.2, 0.25) is 0 Å². The predicted molar refractivity (Wildman–Crippen MR) is 75.2 cm³/mol. The van der Waals surface area contributed by atoms with Crippen molar-refractivity contribution in [3.8, 4) is 0 Å². The highest BCUT2D eigenvalue weighted by molar-refractivity contribution is 5.16. The van der Waals surface area contributed by atoms with Crippen molar-refractivity contribution in [1.82, 2.24) is 4.98 Å². The largest absolute Gasteiger partial charge is 0.261 e. The quantitative estimate of drug-likeness (QED) is 0.676. The van der Waals surface area contributed by atoms with Crippen LogP contribution in [0.15, 0.2) is 24.4 Å². The number of hydrogen-bond donors (Lipinski definition) is 0. The SMILES string of the molecule is CCC(C)(CC)CC(C)(CC)c1ccccn1. The maximum atomic E-state index is 4.57. The van der Waals surface area contributed by atoms with Crippen LogP contribution in [0.25, 0.3) is 0 Å². The van der Waals surface area contributed by atoms with Gasteiger partial charge in [0, 0.05) is 17.3 Å². The normalized spacial score (nSPS) is 15.6. The summed E-state index contributed by atoms with van der Waals surface area (Å²) in [6.07, 6.45) is 6.77. The van der Waals surface area contributed by atoms with Gasteiger partial charge >= 0.3 is 0 Å². The van der Waals surface area contributed by atoms with E-state index in [-0.39, 0.29) is 5.41 Å². The molecule has 1 rings (SSSR count). The molecule has 1 aromatic heterocycles. The molecule has 1 unspecified atom stereocenters. The van der Waals surface area contributed by atoms with Crippen molar-refractivity contribution < 1.29 is 0 Å². The second kappa shape index (κ2) is 5.66. The van der Waals surface area contributed by atoms with Gasteiger partial charge < -0.3 is 0 Å². The fourth-order valence-corrected chi connectivity index (χ4v) is 2.56. The molecule has 17 heavy (non-hydrogen) atoms. The number of nitrogens with zero attached hydrogens (tertiary/aromatic N) is 1. The Bertz CT molecular complexity index is 327. The molecule has 0 fully saturated rings. The first-order chi connectivity index (χ1) is 7.99. The Labute approximate surface area is 107 Å². The van der Waals surface area contributed by atoms with Crippen LogP contribution in [0.4, 0.5) is 0 Å². The zero-order chi connectivity index (χ0) is 12.9. The first-order valence-electron chi connectivity index (χ1n) is 6.91. The van der Waals surface area contributed by atoms with Crippen molar-refractivity contribution in [1.29, 1.82) is 0 Å². The molecule has 1 nitrogen and oxygen atoms in total. The molecule has 0 aliphatic rings. The average molecular weight is 233 g/mol. The summed E-state index contributed by atoms with van der Waals surface area (Å²) >= 11 is 0. The van der Waals surface area contributed by atoms with E-state index < -0.39 is 0 Å². The van der Waals surface area contributed by atoms with Crippen LogP contribution in [0.3, 0.4) is 0 Å². The highest BCUT2D eigenvalue weighted by atomic mass is 14.7. The monoisotopic (exact) mass is 233 g/mol. The van der Waals surface area contributed by atoms with Crippen LogP contribution >= 0.6 is 0 Å². The van der Waals surface area contributed by atoms with Crippen LogP contribution in [0.1, 0.15) is 66.0 Å². The molecular formula is C16H27N. The van der Waals surface area contributed by atoms with E-state index in [1.807, 2.05) is 12.3 Å². The lowest BCUT2D eigenvalue weighted by Gasteiger charge is -2.38. The Balaban J connectivity index is 2.97. The van der Waals surface area contributed by atoms with Crippen molar-refractivity contribution in [2.24, 2.45) is 5.41 Å². The Morgan fingerprint density at radius 1 is 1.00 bits per heavy atom. The minimum atomic E-state index is 0.210. The Morgan fingerprint density at radius 2 is 1.65 bits per heavy atom. The molecule has 0 amide bonds. The van der Waals surface area contributed by atoms with Gasteiger partial charge in [-0.1, -0.05) is 53.5 Å². The second-order valence-electron chi connectivity index (χ2n) is 5.82. The van der Waals surface area contributed by atoms with Gasteiger partial charge in [0.1, 0.15) is 0 Å². The lowest BCUT2D eigenvalue weighted by atomic mass is 9.67. The summed E-state index contributed by atoms with van der Waals surface area (Å²) in [5, 5.41) is 0. The smallest absolute Gasteiger partial charge is 0.0462 e. The molecule has 0 saturated carbocycles. The van der Waals surface area contributed by atoms with Gasteiger partial charge in [0.25, 0.3) is 0 Å². The lowest BCUT2D eigenvalue weighted by Crippen LogP contribution is -2.31. The van der Waals surface area contributed by atoms with E-state index in [0.717, 1.165) is 6.42 Å². The number of aromatic nitrogens is 1. The number of pyridine rings is 1. The topological polar surface area (TPSA) is 12.9 Å². The van der Waals surface area contributed by atoms with Crippen molar-refractivity contribution in [2.75, 3.05) is 0 Å². The van der Waals surface area contributed by atoms with Crippen LogP contribution in [0, 0.1) is 5.41 Å². The predicted octanol–water partition coefficient (Wildman–Crippen LogP) is 4.97. The number of hydrogen-bond acceptors (Lipinski definition) is 1. The first-order valence-corrected chi connectivity index (χ1v) is 6.91. The Kier molecular flexibility index (Phi) is 4.73. The highest BCUT2D eigenvalue weighted by Crippen LogP contribution is 2.42. The summed E-state index contributed by atoms with van der Waals surface area (Å²) in [6.45, 7) is 11.7. The van der Waals surface area contributed by atoms with E-state index >= 15 is 0 Å². The molecule has 1 aromatic rings. The first kappa shape index (κ1) is 14.2. The lowest BCUT2D eigenvalue weighted by molar-refractivity contribution is 0.196. The van der Waals surface area contributed by atoms with Gasteiger partial charge in [0.15, 0.2) is 0 Å². The van der Waals surface area contributed by atoms with Crippen LogP contribution in [0.2, 0.25) is 0 Å². The third-order valence-electron chi connectivity index (χ3n) is 4.59. The van der Waals surface area contributed by atoms with E-state index in [0.29, 0.717) is 5.41 Å². The molecule has 0 saturated heterocycles. The fraction of sp³-hybridized carbons (Fsp3) is 0.688. The van der Waals surface area contributed by atoms with Crippen molar-refractivity contribution in [3.05, 3.63) is 30.1 Å². The third kappa shape index (κ3) is 3.31. The average Bonchev–Trinajstić information content (AvgIpc) is 2.39. The molecule has 0 spiro atoms. The molecule has 0 bridgehead atoms. The van der Waals surface area contributed by atoms with Gasteiger partial charge in [-0.2, -0.15) is 0 Å². The summed E-state index contributed by atoms with van der Waals surface area (Å²) in [7, 11) is 0. The van der Waals surface area contributed by atoms with E-state index in [1.165, 1.54) is 25.0 Å². The van der Waals surface area contributed by atoms with Crippen LogP contribution < -0.4 is 0 Å². The minimum Gasteiger partial charge on any atom is -0.261 e. The number of rotatable bonds is 6. The maximum absolute atomic E-state index is 4.57. The van der Waals surface area contributed by atoms with Crippen molar-refractivity contribution >= 4 is 0 Å². The third-order valence-corrected chi connectivity index (χ3v) is 4.59. The standard InChI is InChI=1S/C16H27N/c1-6-15(4,7-2)13-16(5,8-3)14-11-9-10-12-17-14/h9-12H,6-8,13H2,1-5H3. The molecule has 0 aliphatic heterocycles. The fourth-order valence-electron chi connectivity index (χ4n) is 2.56. The summed E-state index contributed by atoms with van der Waals surface area (Å²) in [5.74, 6) is 0. The van der Waals surface area contributed by atoms with E-state index in [2.05, 4.69) is 51.7 Å². The van der Waals surface area contributed by atoms with Crippen LogP contribution in [-0.2, 0) is 5.41 Å². The summed E-state index contributed by atoms with van der Waals surface area (Å²) in [6, 6.07) is 6.28. The summed E-state index contributed by atoms with van der Waals surface area (Å²) in [5.41, 5.74) is 1.89. The maximum Gasteiger partial charge on any atom is 0.0462 e. The van der Waals surface area contributed by atoms with Crippen molar-refractivity contribution in [2.45, 2.75) is 65.7 Å². The molecule has 0 N–H and O–H groups in total. The van der Waals surface area contributed by atoms with Crippen molar-refractivity contribution in [3.63, 3.8) is 0 Å². The van der Waals surface area contributed by atoms with E-state index in [1.54, 1.807) is 0 Å². The second-order valence-corrected chi connectivity index (χ2v) is 5.82. The van der Waals surface area contributed by atoms with Gasteiger partial charge in [0.05, 0.1) is 0 Å². The summed E-state index contributed by atoms with van der Waals surface area (Å²) < 4.78 is 0. The van der Waals surface area contributed by atoms with E-state index in [4.69, 9.17) is 0 Å². The Hall–Kier alpha value is -0.850. The van der Waals surface area contributed by atoms with Gasteiger partial charge in [-0.15, -0.1) is 0 Å². The molecule has 0 aromatic carbocycles. The molecule has 1 heterocycles. The molecule has 96 valence electrons. The van der Waals surface area contributed by atoms with Crippen LogP contribution in [-0.4, -0.2) is 4.98 Å². The van der Waals surface area contributed by atoms with Gasteiger partial charge in [-0.25, -0.2) is 0 Å².